The lowest BCUT2D eigenvalue weighted by molar-refractivity contribution is 0.312. The Bertz CT molecular complexity index is 379. The van der Waals surface area contributed by atoms with Crippen molar-refractivity contribution in [2.75, 3.05) is 13.6 Å². The largest absolute Gasteiger partial charge is 0.302 e. The lowest BCUT2D eigenvalue weighted by Crippen LogP contribution is -2.27. The smallest absolute Gasteiger partial charge is 0.0233 e. The zero-order chi connectivity index (χ0) is 13.7. The first-order valence-electron chi connectivity index (χ1n) is 7.45. The van der Waals surface area contributed by atoms with Crippen molar-refractivity contribution in [2.24, 2.45) is 0 Å². The molecule has 0 atom stereocenters. The van der Waals surface area contributed by atoms with Crippen molar-refractivity contribution in [2.45, 2.75) is 59.9 Å². The van der Waals surface area contributed by atoms with Crippen LogP contribution >= 0.6 is 0 Å². The first kappa shape index (κ1) is 15.2. The number of benzene rings is 1. The molecule has 0 N–H and O–H groups in total. The van der Waals surface area contributed by atoms with Gasteiger partial charge in [0.1, 0.15) is 0 Å². The molecule has 2 rings (SSSR count). The predicted octanol–water partition coefficient (Wildman–Crippen LogP) is 4.39. The highest BCUT2D eigenvalue weighted by Gasteiger charge is 2.16. The minimum Gasteiger partial charge on any atom is -0.302 e. The van der Waals surface area contributed by atoms with Crippen LogP contribution in [-0.4, -0.2) is 18.5 Å². The summed E-state index contributed by atoms with van der Waals surface area (Å²) in [6, 6.07) is 4.91. The Balaban J connectivity index is 0.000000771. The van der Waals surface area contributed by atoms with E-state index in [4.69, 9.17) is 0 Å². The van der Waals surface area contributed by atoms with Crippen molar-refractivity contribution < 1.29 is 0 Å². The first-order chi connectivity index (χ1) is 8.61. The van der Waals surface area contributed by atoms with Crippen molar-refractivity contribution in [3.05, 3.63) is 34.4 Å². The topological polar surface area (TPSA) is 3.24 Å². The lowest BCUT2D eigenvalue weighted by Gasteiger charge is -2.27. The molecule has 0 saturated carbocycles. The summed E-state index contributed by atoms with van der Waals surface area (Å²) in [5, 5.41) is 0. The molecule has 0 spiro atoms. The van der Waals surface area contributed by atoms with E-state index in [9.17, 15) is 0 Å². The van der Waals surface area contributed by atoms with Crippen LogP contribution in [0.5, 0.6) is 0 Å². The molecule has 1 aromatic carbocycles. The summed E-state index contributed by atoms with van der Waals surface area (Å²) in [7, 11) is 2.21. The Morgan fingerprint density at radius 2 is 1.83 bits per heavy atom. The van der Waals surface area contributed by atoms with Crippen LogP contribution in [0.15, 0.2) is 12.1 Å². The van der Waals surface area contributed by atoms with Gasteiger partial charge in [-0.25, -0.2) is 0 Å². The van der Waals surface area contributed by atoms with E-state index in [1.807, 2.05) is 13.8 Å². The van der Waals surface area contributed by atoms with Crippen molar-refractivity contribution in [3.63, 3.8) is 0 Å². The molecule has 1 aliphatic heterocycles. The van der Waals surface area contributed by atoms with Crippen molar-refractivity contribution in [3.8, 4) is 0 Å². The summed E-state index contributed by atoms with van der Waals surface area (Å²) >= 11 is 0. The quantitative estimate of drug-likeness (QED) is 0.749. The van der Waals surface area contributed by atoms with Gasteiger partial charge in [-0.05, 0) is 48.1 Å². The molecule has 0 aliphatic carbocycles. The second kappa shape index (κ2) is 6.94. The average Bonchev–Trinajstić information content (AvgIpc) is 2.39. The summed E-state index contributed by atoms with van der Waals surface area (Å²) < 4.78 is 0. The lowest BCUT2D eigenvalue weighted by atomic mass is 9.88. The molecule has 0 amide bonds. The van der Waals surface area contributed by atoms with Gasteiger partial charge >= 0.3 is 0 Å². The molecular weight excluding hydrogens is 218 g/mol. The summed E-state index contributed by atoms with van der Waals surface area (Å²) in [6.45, 7) is 13.2. The number of hydrogen-bond donors (Lipinski definition) is 0. The third-order valence-corrected chi connectivity index (χ3v) is 3.67. The zero-order valence-corrected chi connectivity index (χ0v) is 13.0. The highest BCUT2D eigenvalue weighted by atomic mass is 15.1. The van der Waals surface area contributed by atoms with E-state index in [0.29, 0.717) is 5.92 Å². The maximum absolute atomic E-state index is 2.46. The monoisotopic (exact) mass is 247 g/mol. The SMILES string of the molecule is CC.CCc1cc2c(cc1C(C)C)CN(C)CC2. The van der Waals surface area contributed by atoms with E-state index >= 15 is 0 Å². The van der Waals surface area contributed by atoms with Crippen LogP contribution in [0.2, 0.25) is 0 Å². The zero-order valence-electron chi connectivity index (χ0n) is 13.0. The molecular formula is C17H29N. The van der Waals surface area contributed by atoms with Crippen LogP contribution in [0, 0.1) is 0 Å². The fourth-order valence-electron chi connectivity index (χ4n) is 2.66. The molecule has 1 aliphatic rings. The molecule has 18 heavy (non-hydrogen) atoms. The van der Waals surface area contributed by atoms with Crippen LogP contribution in [-0.2, 0) is 19.4 Å². The molecule has 0 radical (unpaired) electrons. The minimum absolute atomic E-state index is 0.646. The Morgan fingerprint density at radius 1 is 1.17 bits per heavy atom. The second-order valence-electron chi connectivity index (χ2n) is 5.32. The van der Waals surface area contributed by atoms with Crippen LogP contribution in [0.3, 0.4) is 0 Å². The Kier molecular flexibility index (Phi) is 5.87. The third-order valence-electron chi connectivity index (χ3n) is 3.67. The molecule has 0 saturated heterocycles. The fourth-order valence-corrected chi connectivity index (χ4v) is 2.66. The molecule has 1 aromatic rings. The number of nitrogens with zero attached hydrogens (tertiary/aromatic N) is 1. The number of fused-ring (bicyclic) bond motifs is 1. The third kappa shape index (κ3) is 3.35. The van der Waals surface area contributed by atoms with E-state index in [1.54, 1.807) is 22.3 Å². The van der Waals surface area contributed by atoms with E-state index in [0.717, 1.165) is 13.0 Å². The van der Waals surface area contributed by atoms with Gasteiger partial charge in [-0.3, -0.25) is 0 Å². The Hall–Kier alpha value is -0.820. The van der Waals surface area contributed by atoms with E-state index < -0.39 is 0 Å². The number of rotatable bonds is 2. The highest BCUT2D eigenvalue weighted by molar-refractivity contribution is 5.41. The molecule has 0 bridgehead atoms. The van der Waals surface area contributed by atoms with Crippen molar-refractivity contribution >= 4 is 0 Å². The van der Waals surface area contributed by atoms with Gasteiger partial charge in [0.25, 0.3) is 0 Å². The van der Waals surface area contributed by atoms with Crippen molar-refractivity contribution in [1.82, 2.24) is 4.90 Å². The molecule has 102 valence electrons. The van der Waals surface area contributed by atoms with E-state index in [1.165, 1.54) is 13.0 Å². The van der Waals surface area contributed by atoms with Crippen molar-refractivity contribution in [1.29, 1.82) is 0 Å². The van der Waals surface area contributed by atoms with Gasteiger partial charge in [0.2, 0.25) is 0 Å². The molecule has 1 heteroatoms. The van der Waals surface area contributed by atoms with Gasteiger partial charge in [0.05, 0.1) is 0 Å². The molecule has 0 aromatic heterocycles. The van der Waals surface area contributed by atoms with Gasteiger partial charge in [0, 0.05) is 13.1 Å². The summed E-state index contributed by atoms with van der Waals surface area (Å²) in [4.78, 5) is 2.41. The van der Waals surface area contributed by atoms with Gasteiger partial charge in [-0.2, -0.15) is 0 Å². The molecule has 0 unspecified atom stereocenters. The second-order valence-corrected chi connectivity index (χ2v) is 5.32. The minimum atomic E-state index is 0.646. The maximum Gasteiger partial charge on any atom is 0.0233 e. The normalized spacial score (nSPS) is 15.1. The molecule has 0 fully saturated rings. The standard InChI is InChI=1S/C15H23N.C2H6/c1-5-12-8-13-6-7-16(4)10-14(13)9-15(12)11(2)3;1-2/h8-9,11H,5-7,10H2,1-4H3;1-2H3. The Morgan fingerprint density at radius 3 is 2.39 bits per heavy atom. The predicted molar refractivity (Wildman–Crippen MR) is 81.3 cm³/mol. The molecule has 1 heterocycles. The summed E-state index contributed by atoms with van der Waals surface area (Å²) in [5.74, 6) is 0.646. The van der Waals surface area contributed by atoms with Gasteiger partial charge in [0.15, 0.2) is 0 Å². The Labute approximate surface area is 113 Å². The van der Waals surface area contributed by atoms with Crippen LogP contribution < -0.4 is 0 Å². The summed E-state index contributed by atoms with van der Waals surface area (Å²) in [5.41, 5.74) is 6.24. The summed E-state index contributed by atoms with van der Waals surface area (Å²) in [6.07, 6.45) is 2.38. The van der Waals surface area contributed by atoms with Crippen LogP contribution in [0.25, 0.3) is 0 Å². The maximum atomic E-state index is 2.46. The first-order valence-corrected chi connectivity index (χ1v) is 7.45. The number of hydrogen-bond acceptors (Lipinski definition) is 1. The highest BCUT2D eigenvalue weighted by Crippen LogP contribution is 2.27. The fraction of sp³-hybridized carbons (Fsp3) is 0.647. The number of likely N-dealkylation sites (N-methyl/N-ethyl adjacent to an activating group) is 1. The average molecular weight is 247 g/mol. The van der Waals surface area contributed by atoms with Gasteiger partial charge in [-0.1, -0.05) is 46.8 Å². The number of aryl methyl sites for hydroxylation is 1. The van der Waals surface area contributed by atoms with Crippen LogP contribution in [0.4, 0.5) is 0 Å². The van der Waals surface area contributed by atoms with Gasteiger partial charge < -0.3 is 4.90 Å². The van der Waals surface area contributed by atoms with Crippen LogP contribution in [0.1, 0.15) is 62.8 Å². The van der Waals surface area contributed by atoms with E-state index in [2.05, 4.69) is 44.9 Å². The molecule has 1 nitrogen and oxygen atoms in total. The van der Waals surface area contributed by atoms with Gasteiger partial charge in [-0.15, -0.1) is 0 Å². The van der Waals surface area contributed by atoms with E-state index in [-0.39, 0.29) is 0 Å².